The standard InChI is InChI=1S/C15H26N2O/c1-15(2,13-6-4-3-5-7-13)17-10-11-18-14(12-17)8-9-16/h13-14H,3-8,10-12H2,1-2H3. The minimum absolute atomic E-state index is 0.117. The van der Waals surface area contributed by atoms with Gasteiger partial charge in [0.1, 0.15) is 0 Å². The highest BCUT2D eigenvalue weighted by Gasteiger charge is 2.38. The van der Waals surface area contributed by atoms with Crippen LogP contribution >= 0.6 is 0 Å². The van der Waals surface area contributed by atoms with Crippen LogP contribution in [0.15, 0.2) is 0 Å². The highest BCUT2D eigenvalue weighted by atomic mass is 16.5. The lowest BCUT2D eigenvalue weighted by Crippen LogP contribution is -2.56. The predicted octanol–water partition coefficient (Wildman–Crippen LogP) is 2.96. The summed E-state index contributed by atoms with van der Waals surface area (Å²) in [6.07, 6.45) is 7.57. The molecule has 1 atom stereocenters. The lowest BCUT2D eigenvalue weighted by atomic mass is 9.75. The fourth-order valence-corrected chi connectivity index (χ4v) is 3.54. The normalized spacial score (nSPS) is 27.9. The third kappa shape index (κ3) is 3.05. The van der Waals surface area contributed by atoms with Gasteiger partial charge < -0.3 is 4.74 Å². The number of hydrogen-bond donors (Lipinski definition) is 0. The van der Waals surface area contributed by atoms with E-state index in [9.17, 15) is 0 Å². The zero-order valence-corrected chi connectivity index (χ0v) is 11.8. The third-order valence-corrected chi connectivity index (χ3v) is 4.88. The molecule has 3 nitrogen and oxygen atoms in total. The van der Waals surface area contributed by atoms with Gasteiger partial charge in [0.05, 0.1) is 25.2 Å². The van der Waals surface area contributed by atoms with Gasteiger partial charge in [0.15, 0.2) is 0 Å². The first-order valence-corrected chi connectivity index (χ1v) is 7.38. The highest BCUT2D eigenvalue weighted by Crippen LogP contribution is 2.37. The van der Waals surface area contributed by atoms with Crippen molar-refractivity contribution in [3.8, 4) is 6.07 Å². The van der Waals surface area contributed by atoms with Crippen molar-refractivity contribution in [1.82, 2.24) is 4.90 Å². The summed E-state index contributed by atoms with van der Waals surface area (Å²) >= 11 is 0. The molecule has 3 heteroatoms. The molecule has 18 heavy (non-hydrogen) atoms. The second-order valence-electron chi connectivity index (χ2n) is 6.29. The Bertz CT molecular complexity index is 302. The van der Waals surface area contributed by atoms with Crippen LogP contribution in [-0.4, -0.2) is 36.2 Å². The summed E-state index contributed by atoms with van der Waals surface area (Å²) in [6, 6.07) is 2.24. The largest absolute Gasteiger partial charge is 0.374 e. The Morgan fingerprint density at radius 1 is 1.28 bits per heavy atom. The van der Waals surface area contributed by atoms with Crippen molar-refractivity contribution in [3.05, 3.63) is 0 Å². The second kappa shape index (κ2) is 6.04. The van der Waals surface area contributed by atoms with E-state index in [1.165, 1.54) is 32.1 Å². The minimum Gasteiger partial charge on any atom is -0.374 e. The van der Waals surface area contributed by atoms with Gasteiger partial charge in [0.2, 0.25) is 0 Å². The van der Waals surface area contributed by atoms with E-state index in [-0.39, 0.29) is 11.6 Å². The first kappa shape index (κ1) is 13.8. The molecule has 0 aromatic carbocycles. The molecule has 1 heterocycles. The number of nitrogens with zero attached hydrogens (tertiary/aromatic N) is 2. The van der Waals surface area contributed by atoms with Crippen LogP contribution in [-0.2, 0) is 4.74 Å². The zero-order valence-electron chi connectivity index (χ0n) is 11.8. The van der Waals surface area contributed by atoms with E-state index in [0.29, 0.717) is 6.42 Å². The average molecular weight is 250 g/mol. The van der Waals surface area contributed by atoms with Crippen molar-refractivity contribution in [2.45, 2.75) is 64.0 Å². The first-order chi connectivity index (χ1) is 8.64. The molecule has 0 amide bonds. The van der Waals surface area contributed by atoms with Gasteiger partial charge in [0.25, 0.3) is 0 Å². The minimum atomic E-state index is 0.117. The molecule has 0 N–H and O–H groups in total. The Morgan fingerprint density at radius 2 is 2.00 bits per heavy atom. The Kier molecular flexibility index (Phi) is 4.64. The van der Waals surface area contributed by atoms with Crippen LogP contribution in [0.3, 0.4) is 0 Å². The van der Waals surface area contributed by atoms with Gasteiger partial charge >= 0.3 is 0 Å². The van der Waals surface area contributed by atoms with Gasteiger partial charge in [-0.1, -0.05) is 19.3 Å². The van der Waals surface area contributed by atoms with Crippen LogP contribution in [0.5, 0.6) is 0 Å². The molecular weight excluding hydrogens is 224 g/mol. The predicted molar refractivity (Wildman–Crippen MR) is 72.2 cm³/mol. The summed E-state index contributed by atoms with van der Waals surface area (Å²) < 4.78 is 5.67. The number of ether oxygens (including phenoxy) is 1. The molecule has 2 aliphatic rings. The zero-order chi connectivity index (χ0) is 13.0. The Balaban J connectivity index is 1.97. The van der Waals surface area contributed by atoms with Crippen molar-refractivity contribution in [3.63, 3.8) is 0 Å². The van der Waals surface area contributed by atoms with Gasteiger partial charge in [-0.25, -0.2) is 0 Å². The molecule has 102 valence electrons. The molecule has 1 unspecified atom stereocenters. The molecule has 1 aliphatic carbocycles. The number of rotatable bonds is 3. The monoisotopic (exact) mass is 250 g/mol. The van der Waals surface area contributed by atoms with E-state index in [0.717, 1.165) is 25.6 Å². The molecule has 1 aliphatic heterocycles. The lowest BCUT2D eigenvalue weighted by molar-refractivity contribution is -0.0779. The van der Waals surface area contributed by atoms with E-state index < -0.39 is 0 Å². The Labute approximate surface area is 111 Å². The molecule has 1 saturated carbocycles. The smallest absolute Gasteiger partial charge is 0.0832 e. The summed E-state index contributed by atoms with van der Waals surface area (Å²) in [6.45, 7) is 7.50. The molecule has 0 aromatic heterocycles. The van der Waals surface area contributed by atoms with Crippen molar-refractivity contribution in [1.29, 1.82) is 5.26 Å². The summed E-state index contributed by atoms with van der Waals surface area (Å²) in [7, 11) is 0. The number of nitriles is 1. The molecule has 0 radical (unpaired) electrons. The van der Waals surface area contributed by atoms with Crippen LogP contribution in [0, 0.1) is 17.2 Å². The first-order valence-electron chi connectivity index (χ1n) is 7.38. The van der Waals surface area contributed by atoms with Crippen molar-refractivity contribution in [2.75, 3.05) is 19.7 Å². The van der Waals surface area contributed by atoms with Crippen LogP contribution in [0.25, 0.3) is 0 Å². The summed E-state index contributed by atoms with van der Waals surface area (Å²) in [5, 5.41) is 8.81. The Morgan fingerprint density at radius 3 is 2.67 bits per heavy atom. The van der Waals surface area contributed by atoms with Gasteiger partial charge in [-0.05, 0) is 32.6 Å². The summed E-state index contributed by atoms with van der Waals surface area (Å²) in [5.74, 6) is 0.812. The highest BCUT2D eigenvalue weighted by molar-refractivity contribution is 4.93. The maximum Gasteiger partial charge on any atom is 0.0832 e. The number of morpholine rings is 1. The maximum atomic E-state index is 8.81. The van der Waals surface area contributed by atoms with Crippen LogP contribution < -0.4 is 0 Å². The van der Waals surface area contributed by atoms with Crippen molar-refractivity contribution in [2.24, 2.45) is 5.92 Å². The van der Waals surface area contributed by atoms with Gasteiger partial charge in [0, 0.05) is 18.6 Å². The lowest BCUT2D eigenvalue weighted by Gasteiger charge is -2.48. The van der Waals surface area contributed by atoms with Crippen LogP contribution in [0.2, 0.25) is 0 Å². The molecular formula is C15H26N2O. The van der Waals surface area contributed by atoms with Crippen molar-refractivity contribution < 1.29 is 4.74 Å². The van der Waals surface area contributed by atoms with Crippen LogP contribution in [0.1, 0.15) is 52.4 Å². The molecule has 0 bridgehead atoms. The third-order valence-electron chi connectivity index (χ3n) is 4.88. The summed E-state index contributed by atoms with van der Waals surface area (Å²) in [4.78, 5) is 2.56. The Hall–Kier alpha value is -0.590. The molecule has 0 spiro atoms. The molecule has 1 saturated heterocycles. The van der Waals surface area contributed by atoms with Gasteiger partial charge in [-0.15, -0.1) is 0 Å². The topological polar surface area (TPSA) is 36.3 Å². The fourth-order valence-electron chi connectivity index (χ4n) is 3.54. The summed E-state index contributed by atoms with van der Waals surface area (Å²) in [5.41, 5.74) is 0.262. The maximum absolute atomic E-state index is 8.81. The fraction of sp³-hybridized carbons (Fsp3) is 0.933. The molecule has 2 rings (SSSR count). The van der Waals surface area contributed by atoms with Gasteiger partial charge in [-0.2, -0.15) is 5.26 Å². The van der Waals surface area contributed by atoms with Gasteiger partial charge in [-0.3, -0.25) is 4.90 Å². The SMILES string of the molecule is CC(C)(C1CCCCC1)N1CCOC(CC#N)C1. The number of hydrogen-bond acceptors (Lipinski definition) is 3. The van der Waals surface area contributed by atoms with Crippen LogP contribution in [0.4, 0.5) is 0 Å². The van der Waals surface area contributed by atoms with E-state index >= 15 is 0 Å². The van der Waals surface area contributed by atoms with E-state index in [4.69, 9.17) is 10.00 Å². The van der Waals surface area contributed by atoms with Crippen molar-refractivity contribution >= 4 is 0 Å². The molecule has 0 aromatic rings. The van der Waals surface area contributed by atoms with E-state index in [1.807, 2.05) is 0 Å². The molecule has 2 fully saturated rings. The van der Waals surface area contributed by atoms with E-state index in [2.05, 4.69) is 24.8 Å². The quantitative estimate of drug-likeness (QED) is 0.772. The average Bonchev–Trinajstić information content (AvgIpc) is 2.40. The second-order valence-corrected chi connectivity index (χ2v) is 6.29. The van der Waals surface area contributed by atoms with E-state index in [1.54, 1.807) is 0 Å².